The molecule has 0 amide bonds. The van der Waals surface area contributed by atoms with Crippen molar-refractivity contribution in [2.75, 3.05) is 13.7 Å². The molecule has 0 aliphatic carbocycles. The summed E-state index contributed by atoms with van der Waals surface area (Å²) in [6, 6.07) is 3.25. The Morgan fingerprint density at radius 2 is 1.95 bits per heavy atom. The van der Waals surface area contributed by atoms with Crippen molar-refractivity contribution in [3.05, 3.63) is 33.4 Å². The molecule has 0 aromatic heterocycles. The van der Waals surface area contributed by atoms with Gasteiger partial charge in [-0.1, -0.05) is 6.07 Å². The van der Waals surface area contributed by atoms with Crippen LogP contribution in [-0.4, -0.2) is 24.6 Å². The summed E-state index contributed by atoms with van der Waals surface area (Å²) in [6.45, 7) is 6.84. The Labute approximate surface area is 117 Å². The Morgan fingerprint density at radius 3 is 2.45 bits per heavy atom. The van der Waals surface area contributed by atoms with E-state index in [-0.39, 0.29) is 18.0 Å². The van der Waals surface area contributed by atoms with Gasteiger partial charge in [-0.25, -0.2) is 0 Å². The summed E-state index contributed by atoms with van der Waals surface area (Å²) in [6.07, 6.45) is 0. The maximum atomic E-state index is 11.6. The summed E-state index contributed by atoms with van der Waals surface area (Å²) in [4.78, 5) is 22.2. The number of carbonyl (C=O) groups is 1. The third kappa shape index (κ3) is 3.46. The molecule has 0 spiro atoms. The number of hydrogen-bond acceptors (Lipinski definition) is 5. The van der Waals surface area contributed by atoms with E-state index < -0.39 is 16.3 Å². The van der Waals surface area contributed by atoms with Crippen molar-refractivity contribution in [1.29, 1.82) is 0 Å². The summed E-state index contributed by atoms with van der Waals surface area (Å²) < 4.78 is 10.2. The molecule has 0 aliphatic rings. The molecule has 0 aliphatic heterocycles. The molecule has 110 valence electrons. The number of nitro groups is 1. The number of methoxy groups -OCH3 is 1. The lowest BCUT2D eigenvalue weighted by Crippen LogP contribution is -2.32. The first kappa shape index (κ1) is 15.9. The number of ether oxygens (including phenoxy) is 2. The van der Waals surface area contributed by atoms with Crippen molar-refractivity contribution in [2.24, 2.45) is 5.41 Å². The van der Waals surface area contributed by atoms with Crippen LogP contribution in [-0.2, 0) is 9.53 Å². The van der Waals surface area contributed by atoms with Crippen LogP contribution >= 0.6 is 0 Å². The fourth-order valence-corrected chi connectivity index (χ4v) is 1.84. The van der Waals surface area contributed by atoms with Gasteiger partial charge in [0.15, 0.2) is 5.75 Å². The lowest BCUT2D eigenvalue weighted by Gasteiger charge is -2.22. The largest absolute Gasteiger partial charge is 0.485 e. The second-order valence-corrected chi connectivity index (χ2v) is 5.35. The fraction of sp³-hybridized carbons (Fsp3) is 0.500. The Balaban J connectivity index is 3.04. The van der Waals surface area contributed by atoms with Gasteiger partial charge in [0.1, 0.15) is 6.61 Å². The lowest BCUT2D eigenvalue weighted by atomic mass is 9.95. The van der Waals surface area contributed by atoms with Gasteiger partial charge < -0.3 is 9.47 Å². The van der Waals surface area contributed by atoms with Crippen molar-refractivity contribution in [1.82, 2.24) is 0 Å². The number of nitro benzene ring substituents is 1. The number of aryl methyl sites for hydroxylation is 2. The monoisotopic (exact) mass is 281 g/mol. The van der Waals surface area contributed by atoms with Crippen LogP contribution in [0.15, 0.2) is 12.1 Å². The van der Waals surface area contributed by atoms with E-state index in [9.17, 15) is 14.9 Å². The molecule has 1 aromatic rings. The molecule has 0 saturated carbocycles. The molecule has 1 aromatic carbocycles. The smallest absolute Gasteiger partial charge is 0.314 e. The van der Waals surface area contributed by atoms with Gasteiger partial charge in [0, 0.05) is 6.07 Å². The van der Waals surface area contributed by atoms with Gasteiger partial charge >= 0.3 is 11.7 Å². The summed E-state index contributed by atoms with van der Waals surface area (Å²) in [5.74, 6) is -0.234. The molecule has 6 heteroatoms. The maximum absolute atomic E-state index is 11.6. The van der Waals surface area contributed by atoms with E-state index in [4.69, 9.17) is 4.74 Å². The minimum atomic E-state index is -0.875. The first-order valence-electron chi connectivity index (χ1n) is 6.16. The predicted octanol–water partition coefficient (Wildman–Crippen LogP) is 2.79. The van der Waals surface area contributed by atoms with Crippen molar-refractivity contribution >= 4 is 11.7 Å². The number of benzene rings is 1. The second kappa shape index (κ2) is 5.90. The van der Waals surface area contributed by atoms with E-state index in [2.05, 4.69) is 4.74 Å². The number of hydrogen-bond donors (Lipinski definition) is 0. The fourth-order valence-electron chi connectivity index (χ4n) is 1.84. The van der Waals surface area contributed by atoms with Gasteiger partial charge in [-0.3, -0.25) is 14.9 Å². The third-order valence-corrected chi connectivity index (χ3v) is 2.91. The first-order chi connectivity index (χ1) is 9.19. The summed E-state index contributed by atoms with van der Waals surface area (Å²) in [5.41, 5.74) is 0.481. The van der Waals surface area contributed by atoms with Gasteiger partial charge in [0.05, 0.1) is 17.4 Å². The number of carbonyl (C=O) groups excluding carboxylic acids is 1. The Morgan fingerprint density at radius 1 is 1.35 bits per heavy atom. The van der Waals surface area contributed by atoms with E-state index in [1.165, 1.54) is 13.2 Å². The van der Waals surface area contributed by atoms with Crippen molar-refractivity contribution in [3.8, 4) is 5.75 Å². The van der Waals surface area contributed by atoms with Gasteiger partial charge in [0.25, 0.3) is 0 Å². The Hall–Kier alpha value is -2.11. The minimum Gasteiger partial charge on any atom is -0.485 e. The number of rotatable bonds is 5. The minimum absolute atomic E-state index is 0.00438. The Kier molecular flexibility index (Phi) is 4.70. The molecule has 0 radical (unpaired) electrons. The molecular formula is C14H19NO5. The highest BCUT2D eigenvalue weighted by Gasteiger charge is 2.31. The van der Waals surface area contributed by atoms with Crippen LogP contribution in [0.25, 0.3) is 0 Å². The van der Waals surface area contributed by atoms with Crippen LogP contribution in [0.1, 0.15) is 25.0 Å². The van der Waals surface area contributed by atoms with Gasteiger partial charge in [-0.05, 0) is 38.8 Å². The van der Waals surface area contributed by atoms with Crippen LogP contribution < -0.4 is 4.74 Å². The van der Waals surface area contributed by atoms with Crippen LogP contribution in [0, 0.1) is 29.4 Å². The number of esters is 1. The summed E-state index contributed by atoms with van der Waals surface area (Å²) in [5, 5.41) is 11.1. The van der Waals surface area contributed by atoms with Gasteiger partial charge in [-0.15, -0.1) is 0 Å². The highest BCUT2D eigenvalue weighted by atomic mass is 16.6. The van der Waals surface area contributed by atoms with Gasteiger partial charge in [0.2, 0.25) is 0 Å². The zero-order chi connectivity index (χ0) is 15.5. The van der Waals surface area contributed by atoms with E-state index in [1.807, 2.05) is 0 Å². The topological polar surface area (TPSA) is 78.7 Å². The lowest BCUT2D eigenvalue weighted by molar-refractivity contribution is -0.386. The second-order valence-electron chi connectivity index (χ2n) is 5.35. The van der Waals surface area contributed by atoms with E-state index in [0.717, 1.165) is 5.56 Å². The maximum Gasteiger partial charge on any atom is 0.314 e. The van der Waals surface area contributed by atoms with Crippen LogP contribution in [0.3, 0.4) is 0 Å². The molecule has 1 rings (SSSR count). The standard InChI is InChI=1S/C14H19NO5/c1-9-6-10(2)12(11(7-9)15(17)18)20-8-14(3,4)13(16)19-5/h6-7H,8H2,1-5H3. The average molecular weight is 281 g/mol. The molecule has 0 atom stereocenters. The van der Waals surface area contributed by atoms with Crippen LogP contribution in [0.4, 0.5) is 5.69 Å². The molecule has 0 unspecified atom stereocenters. The van der Waals surface area contributed by atoms with E-state index >= 15 is 0 Å². The quantitative estimate of drug-likeness (QED) is 0.471. The SMILES string of the molecule is COC(=O)C(C)(C)COc1c(C)cc(C)cc1[N+](=O)[O-]. The van der Waals surface area contributed by atoms with Crippen molar-refractivity contribution in [2.45, 2.75) is 27.7 Å². The molecule has 0 fully saturated rings. The van der Waals surface area contributed by atoms with Crippen LogP contribution in [0.5, 0.6) is 5.75 Å². The van der Waals surface area contributed by atoms with Crippen LogP contribution in [0.2, 0.25) is 0 Å². The van der Waals surface area contributed by atoms with Gasteiger partial charge in [-0.2, -0.15) is 0 Å². The number of nitrogens with zero attached hydrogens (tertiary/aromatic N) is 1. The molecule has 0 saturated heterocycles. The van der Waals surface area contributed by atoms with E-state index in [1.54, 1.807) is 33.8 Å². The zero-order valence-electron chi connectivity index (χ0n) is 12.4. The summed E-state index contributed by atoms with van der Waals surface area (Å²) in [7, 11) is 1.30. The molecule has 0 N–H and O–H groups in total. The highest BCUT2D eigenvalue weighted by molar-refractivity contribution is 5.76. The average Bonchev–Trinajstić information content (AvgIpc) is 2.35. The Bertz CT molecular complexity index is 537. The van der Waals surface area contributed by atoms with E-state index in [0.29, 0.717) is 5.56 Å². The van der Waals surface area contributed by atoms with Crippen molar-refractivity contribution in [3.63, 3.8) is 0 Å². The molecule has 0 heterocycles. The normalized spacial score (nSPS) is 11.1. The zero-order valence-corrected chi connectivity index (χ0v) is 12.4. The first-order valence-corrected chi connectivity index (χ1v) is 6.16. The molecule has 20 heavy (non-hydrogen) atoms. The molecule has 0 bridgehead atoms. The summed E-state index contributed by atoms with van der Waals surface area (Å²) >= 11 is 0. The highest BCUT2D eigenvalue weighted by Crippen LogP contribution is 2.33. The molecule has 6 nitrogen and oxygen atoms in total. The predicted molar refractivity (Wildman–Crippen MR) is 73.9 cm³/mol. The van der Waals surface area contributed by atoms with Crippen molar-refractivity contribution < 1.29 is 19.2 Å². The third-order valence-electron chi connectivity index (χ3n) is 2.91. The molecular weight excluding hydrogens is 262 g/mol.